The second-order valence-corrected chi connectivity index (χ2v) is 9.46. The van der Waals surface area contributed by atoms with Crippen molar-refractivity contribution in [3.05, 3.63) is 65.7 Å². The lowest BCUT2D eigenvalue weighted by atomic mass is 10.1. The maximum absolute atomic E-state index is 12.7. The van der Waals surface area contributed by atoms with Gasteiger partial charge >= 0.3 is 18.2 Å². The van der Waals surface area contributed by atoms with Crippen LogP contribution in [0.4, 0.5) is 18.0 Å². The standard InChI is InChI=1S/C24H26F3NO5S/c1-23(2,3)33-22(31)28-19(21(30)32-15-16-7-5-4-6-8-16)13-14-20(29)34-18-11-9-17(10-12-18)24(25,26)27/h4-12,19H,13-15H2,1-3H3,(H,28,31)/t19-/m0/s1. The fraction of sp³-hybridized carbons (Fsp3) is 0.375. The molecule has 1 amide bonds. The van der Waals surface area contributed by atoms with E-state index < -0.39 is 35.4 Å². The summed E-state index contributed by atoms with van der Waals surface area (Å²) in [6.07, 6.45) is -5.50. The van der Waals surface area contributed by atoms with Crippen molar-refractivity contribution in [2.24, 2.45) is 0 Å². The third-order valence-electron chi connectivity index (χ3n) is 4.25. The molecule has 6 nitrogen and oxygen atoms in total. The van der Waals surface area contributed by atoms with Gasteiger partial charge in [0.05, 0.1) is 5.56 Å². The van der Waals surface area contributed by atoms with E-state index in [2.05, 4.69) is 5.32 Å². The summed E-state index contributed by atoms with van der Waals surface area (Å²) in [5.41, 5.74) is -0.857. The van der Waals surface area contributed by atoms with Gasteiger partial charge in [0.25, 0.3) is 0 Å². The molecule has 1 N–H and O–H groups in total. The minimum Gasteiger partial charge on any atom is -0.459 e. The fourth-order valence-electron chi connectivity index (χ4n) is 2.68. The Hall–Kier alpha value is -3.01. The molecule has 2 aromatic rings. The SMILES string of the molecule is CC(C)(C)OC(=O)N[C@@H](CCC(=O)Sc1ccc(C(F)(F)F)cc1)C(=O)OCc1ccccc1. The molecule has 0 fully saturated rings. The molecule has 0 bridgehead atoms. The van der Waals surface area contributed by atoms with Gasteiger partial charge in [-0.25, -0.2) is 9.59 Å². The van der Waals surface area contributed by atoms with E-state index in [1.165, 1.54) is 12.1 Å². The number of amides is 1. The molecule has 0 radical (unpaired) electrons. The Morgan fingerprint density at radius 3 is 2.15 bits per heavy atom. The number of nitrogens with one attached hydrogen (secondary N) is 1. The summed E-state index contributed by atoms with van der Waals surface area (Å²) >= 11 is 0.753. The summed E-state index contributed by atoms with van der Waals surface area (Å²) in [6, 6.07) is 12.0. The van der Waals surface area contributed by atoms with Crippen LogP contribution in [-0.2, 0) is 31.8 Å². The third kappa shape index (κ3) is 9.86. The number of halogens is 3. The first-order valence-corrected chi connectivity index (χ1v) is 11.2. The van der Waals surface area contributed by atoms with Crippen molar-refractivity contribution < 1.29 is 37.0 Å². The molecule has 0 aliphatic heterocycles. The highest BCUT2D eigenvalue weighted by Gasteiger charge is 2.30. The average Bonchev–Trinajstić information content (AvgIpc) is 2.74. The zero-order chi connectivity index (χ0) is 25.4. The largest absolute Gasteiger partial charge is 0.459 e. The Labute approximate surface area is 200 Å². The van der Waals surface area contributed by atoms with Crippen molar-refractivity contribution >= 4 is 28.9 Å². The average molecular weight is 498 g/mol. The molecule has 10 heteroatoms. The second-order valence-electron chi connectivity index (χ2n) is 8.33. The normalized spacial score (nSPS) is 12.5. The van der Waals surface area contributed by atoms with Gasteiger partial charge in [-0.05, 0) is 57.0 Å². The van der Waals surface area contributed by atoms with Gasteiger partial charge in [0, 0.05) is 11.3 Å². The van der Waals surface area contributed by atoms with E-state index in [1.807, 2.05) is 6.07 Å². The van der Waals surface area contributed by atoms with E-state index in [4.69, 9.17) is 9.47 Å². The first kappa shape index (κ1) is 27.2. The van der Waals surface area contributed by atoms with Crippen molar-refractivity contribution in [1.29, 1.82) is 0 Å². The highest BCUT2D eigenvalue weighted by atomic mass is 32.2. The van der Waals surface area contributed by atoms with Crippen LogP contribution in [0.25, 0.3) is 0 Å². The molecule has 2 aromatic carbocycles. The zero-order valence-corrected chi connectivity index (χ0v) is 19.8. The van der Waals surface area contributed by atoms with E-state index in [0.717, 1.165) is 29.5 Å². The van der Waals surface area contributed by atoms with Crippen molar-refractivity contribution in [3.8, 4) is 0 Å². The summed E-state index contributed by atoms with van der Waals surface area (Å²) in [5, 5.41) is 2.05. The number of benzene rings is 2. The zero-order valence-electron chi connectivity index (χ0n) is 19.0. The molecular formula is C24H26F3NO5S. The summed E-state index contributed by atoms with van der Waals surface area (Å²) < 4.78 is 48.5. The molecule has 0 aliphatic rings. The van der Waals surface area contributed by atoms with E-state index in [9.17, 15) is 27.6 Å². The van der Waals surface area contributed by atoms with Crippen molar-refractivity contribution in [2.45, 2.75) is 62.9 Å². The van der Waals surface area contributed by atoms with Crippen LogP contribution in [0.2, 0.25) is 0 Å². The predicted molar refractivity (Wildman–Crippen MR) is 121 cm³/mol. The number of alkyl carbamates (subject to hydrolysis) is 1. The number of ether oxygens (including phenoxy) is 2. The Bertz CT molecular complexity index is 973. The summed E-state index contributed by atoms with van der Waals surface area (Å²) in [7, 11) is 0. The van der Waals surface area contributed by atoms with Gasteiger partial charge in [-0.15, -0.1) is 0 Å². The minimum atomic E-state index is -4.46. The van der Waals surface area contributed by atoms with E-state index in [-0.39, 0.29) is 24.6 Å². The minimum absolute atomic E-state index is 0.0135. The number of carbonyl (C=O) groups is 3. The van der Waals surface area contributed by atoms with E-state index in [1.54, 1.807) is 45.0 Å². The number of alkyl halides is 3. The van der Waals surface area contributed by atoms with Crippen molar-refractivity contribution in [1.82, 2.24) is 5.32 Å². The van der Waals surface area contributed by atoms with Crippen LogP contribution in [0, 0.1) is 0 Å². The Morgan fingerprint density at radius 1 is 0.971 bits per heavy atom. The number of hydrogen-bond donors (Lipinski definition) is 1. The van der Waals surface area contributed by atoms with E-state index >= 15 is 0 Å². The van der Waals surface area contributed by atoms with Gasteiger partial charge < -0.3 is 14.8 Å². The molecule has 184 valence electrons. The Balaban J connectivity index is 1.98. The number of thioether (sulfide) groups is 1. The predicted octanol–water partition coefficient (Wildman–Crippen LogP) is 5.74. The van der Waals surface area contributed by atoms with Crippen LogP contribution in [0.1, 0.15) is 44.7 Å². The molecule has 2 rings (SSSR count). The Kier molecular flexibility index (Phi) is 9.55. The lowest BCUT2D eigenvalue weighted by molar-refractivity contribution is -0.147. The molecule has 0 heterocycles. The van der Waals surface area contributed by atoms with Crippen molar-refractivity contribution in [2.75, 3.05) is 0 Å². The molecule has 0 saturated carbocycles. The molecule has 0 saturated heterocycles. The summed E-state index contributed by atoms with van der Waals surface area (Å²) in [6.45, 7) is 4.99. The molecule has 34 heavy (non-hydrogen) atoms. The topological polar surface area (TPSA) is 81.7 Å². The fourth-order valence-corrected chi connectivity index (χ4v) is 3.44. The van der Waals surface area contributed by atoms with Crippen LogP contribution in [0.5, 0.6) is 0 Å². The lowest BCUT2D eigenvalue weighted by Crippen LogP contribution is -2.44. The van der Waals surface area contributed by atoms with Crippen LogP contribution < -0.4 is 5.32 Å². The highest BCUT2D eigenvalue weighted by molar-refractivity contribution is 8.13. The first-order valence-electron chi connectivity index (χ1n) is 10.4. The monoisotopic (exact) mass is 497 g/mol. The number of hydrogen-bond acceptors (Lipinski definition) is 6. The lowest BCUT2D eigenvalue weighted by Gasteiger charge is -2.23. The number of esters is 1. The number of rotatable bonds is 8. The van der Waals surface area contributed by atoms with Gasteiger partial charge in [-0.1, -0.05) is 42.1 Å². The molecule has 0 unspecified atom stereocenters. The van der Waals surface area contributed by atoms with Crippen LogP contribution in [0.3, 0.4) is 0 Å². The van der Waals surface area contributed by atoms with Gasteiger partial charge in [-0.2, -0.15) is 13.2 Å². The van der Waals surface area contributed by atoms with Crippen molar-refractivity contribution in [3.63, 3.8) is 0 Å². The van der Waals surface area contributed by atoms with Crippen LogP contribution in [0.15, 0.2) is 59.5 Å². The highest BCUT2D eigenvalue weighted by Crippen LogP contribution is 2.31. The summed E-state index contributed by atoms with van der Waals surface area (Å²) in [4.78, 5) is 37.5. The third-order valence-corrected chi connectivity index (χ3v) is 5.19. The van der Waals surface area contributed by atoms with Crippen LogP contribution in [-0.4, -0.2) is 28.8 Å². The second kappa shape index (κ2) is 11.9. The molecule has 0 aromatic heterocycles. The van der Waals surface area contributed by atoms with Crippen LogP contribution >= 0.6 is 11.8 Å². The van der Waals surface area contributed by atoms with Gasteiger partial charge in [0.1, 0.15) is 18.2 Å². The first-order chi connectivity index (χ1) is 15.8. The molecule has 0 spiro atoms. The molecular weight excluding hydrogens is 471 g/mol. The molecule has 1 atom stereocenters. The number of carbonyl (C=O) groups excluding carboxylic acids is 3. The maximum atomic E-state index is 12.7. The quantitative estimate of drug-likeness (QED) is 0.370. The van der Waals surface area contributed by atoms with Gasteiger partial charge in [0.15, 0.2) is 5.12 Å². The maximum Gasteiger partial charge on any atom is 0.416 e. The summed E-state index contributed by atoms with van der Waals surface area (Å²) in [5.74, 6) is -0.734. The van der Waals surface area contributed by atoms with Gasteiger partial charge in [0.2, 0.25) is 0 Å². The smallest absolute Gasteiger partial charge is 0.416 e. The molecule has 0 aliphatic carbocycles. The van der Waals surface area contributed by atoms with Gasteiger partial charge in [-0.3, -0.25) is 4.79 Å². The Morgan fingerprint density at radius 2 is 1.59 bits per heavy atom. The van der Waals surface area contributed by atoms with E-state index in [0.29, 0.717) is 4.90 Å².